The predicted octanol–water partition coefficient (Wildman–Crippen LogP) is 4.96. The Morgan fingerprint density at radius 3 is 2.47 bits per heavy atom. The topological polar surface area (TPSA) is 74.9 Å². The number of aromatic nitrogens is 1. The van der Waals surface area contributed by atoms with Gasteiger partial charge in [0.2, 0.25) is 5.91 Å². The molecule has 2 N–H and O–H groups in total. The first-order valence-corrected chi connectivity index (χ1v) is 15.0. The van der Waals surface area contributed by atoms with Crippen LogP contribution in [0, 0.1) is 5.82 Å². The lowest BCUT2D eigenvalue weighted by molar-refractivity contribution is -0.120. The monoisotopic (exact) mass is 582 g/mol. The first-order chi connectivity index (χ1) is 20.8. The molecular weight excluding hydrogens is 543 g/mol. The fourth-order valence-electron chi connectivity index (χ4n) is 6.38. The van der Waals surface area contributed by atoms with Crippen LogP contribution in [0.25, 0.3) is 10.9 Å². The van der Waals surface area contributed by atoms with Gasteiger partial charge in [0, 0.05) is 73.7 Å². The quantitative estimate of drug-likeness (QED) is 0.323. The standard InChI is InChI=1S/C34H39FN6O2/c1-23(29-21-36-30-7-5-4-6-28(29)30)32(33(42)41-15-14-25-9-8-24(20-31(25)41)22-38(2)3)37-34(43)40-18-16-39(17-19-40)27-12-10-26(35)11-13-27/h4-13,20-21,23,32,36H,14-19,22H2,1-3H3,(H,37,43)/t23-,32+/m0/s1. The predicted molar refractivity (Wildman–Crippen MR) is 169 cm³/mol. The zero-order chi connectivity index (χ0) is 30.1. The summed E-state index contributed by atoms with van der Waals surface area (Å²) in [5, 5.41) is 4.21. The molecule has 3 amide bonds. The van der Waals surface area contributed by atoms with Crippen LogP contribution >= 0.6 is 0 Å². The van der Waals surface area contributed by atoms with Crippen molar-refractivity contribution in [3.63, 3.8) is 0 Å². The second-order valence-electron chi connectivity index (χ2n) is 11.9. The highest BCUT2D eigenvalue weighted by atomic mass is 19.1. The number of benzene rings is 3. The summed E-state index contributed by atoms with van der Waals surface area (Å²) >= 11 is 0. The molecule has 3 heterocycles. The lowest BCUT2D eigenvalue weighted by Crippen LogP contribution is -2.57. The number of nitrogens with zero attached hydrogens (tertiary/aromatic N) is 4. The van der Waals surface area contributed by atoms with Gasteiger partial charge in [-0.3, -0.25) is 4.79 Å². The van der Waals surface area contributed by atoms with Crippen molar-refractivity contribution in [2.75, 3.05) is 56.6 Å². The molecule has 0 bridgehead atoms. The normalized spacial score (nSPS) is 16.4. The molecule has 0 aliphatic carbocycles. The Labute approximate surface area is 252 Å². The van der Waals surface area contributed by atoms with Crippen LogP contribution in [-0.4, -0.2) is 79.6 Å². The van der Waals surface area contributed by atoms with Gasteiger partial charge in [0.25, 0.3) is 0 Å². The number of rotatable bonds is 7. The summed E-state index contributed by atoms with van der Waals surface area (Å²) in [6.07, 6.45) is 2.74. The highest BCUT2D eigenvalue weighted by Gasteiger charge is 2.37. The number of hydrogen-bond acceptors (Lipinski definition) is 4. The van der Waals surface area contributed by atoms with Crippen molar-refractivity contribution < 1.29 is 14.0 Å². The number of nitrogens with one attached hydrogen (secondary N) is 2. The number of carbonyl (C=O) groups excluding carboxylic acids is 2. The van der Waals surface area contributed by atoms with Crippen molar-refractivity contribution in [1.82, 2.24) is 20.1 Å². The van der Waals surface area contributed by atoms with Crippen LogP contribution in [0.2, 0.25) is 0 Å². The summed E-state index contributed by atoms with van der Waals surface area (Å²) in [5.41, 5.74) is 6.16. The van der Waals surface area contributed by atoms with E-state index in [9.17, 15) is 14.0 Å². The van der Waals surface area contributed by atoms with E-state index in [1.54, 1.807) is 17.0 Å². The minimum Gasteiger partial charge on any atom is -0.368 e. The first kappa shape index (κ1) is 28.7. The third-order valence-corrected chi connectivity index (χ3v) is 8.73. The Morgan fingerprint density at radius 2 is 1.72 bits per heavy atom. The van der Waals surface area contributed by atoms with Gasteiger partial charge in [0.05, 0.1) is 0 Å². The van der Waals surface area contributed by atoms with Gasteiger partial charge in [0.15, 0.2) is 0 Å². The molecule has 4 aromatic rings. The number of fused-ring (bicyclic) bond motifs is 2. The minimum atomic E-state index is -0.759. The van der Waals surface area contributed by atoms with Crippen LogP contribution in [0.1, 0.15) is 29.5 Å². The molecule has 2 aliphatic rings. The van der Waals surface area contributed by atoms with E-state index in [0.717, 1.165) is 51.9 Å². The Morgan fingerprint density at radius 1 is 0.977 bits per heavy atom. The van der Waals surface area contributed by atoms with Gasteiger partial charge in [-0.05, 0) is 73.6 Å². The van der Waals surface area contributed by atoms with E-state index in [1.165, 1.54) is 12.1 Å². The van der Waals surface area contributed by atoms with Crippen LogP contribution < -0.4 is 15.1 Å². The molecular formula is C34H39FN6O2. The average Bonchev–Trinajstić information content (AvgIpc) is 3.64. The lowest BCUT2D eigenvalue weighted by Gasteiger charge is -2.37. The molecule has 0 radical (unpaired) electrons. The summed E-state index contributed by atoms with van der Waals surface area (Å²) in [4.78, 5) is 39.4. The highest BCUT2D eigenvalue weighted by molar-refractivity contribution is 6.02. The third kappa shape index (κ3) is 5.95. The Balaban J connectivity index is 1.24. The van der Waals surface area contributed by atoms with Gasteiger partial charge in [-0.25, -0.2) is 9.18 Å². The van der Waals surface area contributed by atoms with Crippen molar-refractivity contribution in [2.24, 2.45) is 0 Å². The second kappa shape index (κ2) is 12.1. The molecule has 6 rings (SSSR count). The zero-order valence-electron chi connectivity index (χ0n) is 25.0. The summed E-state index contributed by atoms with van der Waals surface area (Å²) < 4.78 is 13.4. The number of urea groups is 1. The zero-order valence-corrected chi connectivity index (χ0v) is 25.0. The van der Waals surface area contributed by atoms with Crippen LogP contribution in [0.4, 0.5) is 20.6 Å². The van der Waals surface area contributed by atoms with E-state index in [0.29, 0.717) is 32.7 Å². The molecule has 9 heteroatoms. The van der Waals surface area contributed by atoms with Crippen molar-refractivity contribution in [2.45, 2.75) is 31.8 Å². The molecule has 1 fully saturated rings. The minimum absolute atomic E-state index is 0.100. The summed E-state index contributed by atoms with van der Waals surface area (Å²) in [7, 11) is 4.06. The van der Waals surface area contributed by atoms with E-state index in [2.05, 4.69) is 38.3 Å². The molecule has 3 aromatic carbocycles. The number of aromatic amines is 1. The number of halogens is 1. The van der Waals surface area contributed by atoms with Gasteiger partial charge < -0.3 is 29.9 Å². The molecule has 224 valence electrons. The van der Waals surface area contributed by atoms with Gasteiger partial charge in [-0.15, -0.1) is 0 Å². The number of amides is 3. The van der Waals surface area contributed by atoms with Crippen LogP contribution in [-0.2, 0) is 17.8 Å². The molecule has 1 saturated heterocycles. The SMILES string of the molecule is C[C@@H](c1c[nH]c2ccccc12)[C@@H](NC(=O)N1CCN(c2ccc(F)cc2)CC1)C(=O)N1CCc2ccc(CN(C)C)cc21. The fraction of sp³-hybridized carbons (Fsp3) is 0.353. The largest absolute Gasteiger partial charge is 0.368 e. The Bertz CT molecular complexity index is 1610. The smallest absolute Gasteiger partial charge is 0.318 e. The van der Waals surface area contributed by atoms with Gasteiger partial charge in [-0.1, -0.05) is 37.3 Å². The molecule has 0 saturated carbocycles. The molecule has 2 atom stereocenters. The molecule has 8 nitrogen and oxygen atoms in total. The van der Waals surface area contributed by atoms with Crippen LogP contribution in [0.3, 0.4) is 0 Å². The summed E-state index contributed by atoms with van der Waals surface area (Å²) in [5.74, 6) is -0.643. The van der Waals surface area contributed by atoms with Gasteiger partial charge >= 0.3 is 6.03 Å². The maximum absolute atomic E-state index is 14.4. The van der Waals surface area contributed by atoms with Gasteiger partial charge in [0.1, 0.15) is 11.9 Å². The fourth-order valence-corrected chi connectivity index (χ4v) is 6.38. The summed E-state index contributed by atoms with van der Waals surface area (Å²) in [6.45, 7) is 5.66. The number of carbonyl (C=O) groups is 2. The number of hydrogen-bond donors (Lipinski definition) is 2. The number of piperazine rings is 1. The Kier molecular flexibility index (Phi) is 8.08. The van der Waals surface area contributed by atoms with Gasteiger partial charge in [-0.2, -0.15) is 0 Å². The van der Waals surface area contributed by atoms with Crippen molar-refractivity contribution in [1.29, 1.82) is 0 Å². The highest BCUT2D eigenvalue weighted by Crippen LogP contribution is 2.34. The van der Waals surface area contributed by atoms with E-state index < -0.39 is 6.04 Å². The van der Waals surface area contributed by atoms with E-state index in [4.69, 9.17) is 0 Å². The third-order valence-electron chi connectivity index (χ3n) is 8.73. The van der Waals surface area contributed by atoms with Crippen LogP contribution in [0.5, 0.6) is 0 Å². The average molecular weight is 583 g/mol. The molecule has 43 heavy (non-hydrogen) atoms. The number of para-hydroxylation sites is 1. The van der Waals surface area contributed by atoms with E-state index >= 15 is 0 Å². The first-order valence-electron chi connectivity index (χ1n) is 15.0. The maximum Gasteiger partial charge on any atom is 0.318 e. The number of H-pyrrole nitrogens is 1. The molecule has 2 aliphatic heterocycles. The lowest BCUT2D eigenvalue weighted by atomic mass is 9.91. The maximum atomic E-state index is 14.4. The summed E-state index contributed by atoms with van der Waals surface area (Å²) in [6, 6.07) is 19.8. The van der Waals surface area contributed by atoms with E-state index in [-0.39, 0.29) is 23.7 Å². The Hall–Kier alpha value is -4.37. The molecule has 0 spiro atoms. The molecule has 1 aromatic heterocycles. The number of anilines is 2. The van der Waals surface area contributed by atoms with Crippen molar-refractivity contribution in [3.8, 4) is 0 Å². The van der Waals surface area contributed by atoms with E-state index in [1.807, 2.05) is 56.4 Å². The van der Waals surface area contributed by atoms with Crippen molar-refractivity contribution in [3.05, 3.63) is 95.4 Å². The molecule has 0 unspecified atom stereocenters. The van der Waals surface area contributed by atoms with Crippen LogP contribution in [0.15, 0.2) is 72.9 Å². The second-order valence-corrected chi connectivity index (χ2v) is 11.9. The van der Waals surface area contributed by atoms with Crippen molar-refractivity contribution >= 4 is 34.2 Å².